The maximum Gasteiger partial charge on any atom is 0.124 e. The van der Waals surface area contributed by atoms with Crippen molar-refractivity contribution in [3.05, 3.63) is 28.2 Å². The summed E-state index contributed by atoms with van der Waals surface area (Å²) in [5.74, 6) is 0.0879. The third-order valence-corrected chi connectivity index (χ3v) is 2.33. The summed E-state index contributed by atoms with van der Waals surface area (Å²) in [6.45, 7) is 2.99. The van der Waals surface area contributed by atoms with Gasteiger partial charge in [-0.25, -0.2) is 0 Å². The minimum Gasteiger partial charge on any atom is -0.384 e. The first-order valence-electron chi connectivity index (χ1n) is 4.53. The smallest absolute Gasteiger partial charge is 0.124 e. The first-order valence-corrected chi connectivity index (χ1v) is 5.32. The van der Waals surface area contributed by atoms with Gasteiger partial charge in [0.15, 0.2) is 0 Å². The second-order valence-electron chi connectivity index (χ2n) is 3.03. The van der Waals surface area contributed by atoms with E-state index < -0.39 is 0 Å². The molecule has 0 atom stereocenters. The SMILES string of the molecule is CCCNc1ccc(Br)cc1C(=N)N. The Labute approximate surface area is 92.3 Å². The highest BCUT2D eigenvalue weighted by Crippen LogP contribution is 2.20. The minimum absolute atomic E-state index is 0.0879. The molecule has 0 aliphatic rings. The average Bonchev–Trinajstić information content (AvgIpc) is 2.15. The van der Waals surface area contributed by atoms with Gasteiger partial charge in [0.2, 0.25) is 0 Å². The van der Waals surface area contributed by atoms with Gasteiger partial charge in [-0.05, 0) is 24.6 Å². The van der Waals surface area contributed by atoms with Crippen LogP contribution in [0.4, 0.5) is 5.69 Å². The Hall–Kier alpha value is -1.03. The zero-order valence-corrected chi connectivity index (χ0v) is 9.69. The molecule has 4 N–H and O–H groups in total. The predicted molar refractivity (Wildman–Crippen MR) is 63.9 cm³/mol. The van der Waals surface area contributed by atoms with Gasteiger partial charge in [0.1, 0.15) is 5.84 Å². The Kier molecular flexibility index (Phi) is 3.95. The molecule has 0 aliphatic carbocycles. The van der Waals surface area contributed by atoms with E-state index in [1.54, 1.807) is 0 Å². The molecule has 0 aliphatic heterocycles. The second-order valence-corrected chi connectivity index (χ2v) is 3.95. The topological polar surface area (TPSA) is 61.9 Å². The molecule has 14 heavy (non-hydrogen) atoms. The van der Waals surface area contributed by atoms with Gasteiger partial charge in [0.25, 0.3) is 0 Å². The summed E-state index contributed by atoms with van der Waals surface area (Å²) in [5.41, 5.74) is 7.14. The molecule has 0 unspecified atom stereocenters. The fourth-order valence-electron chi connectivity index (χ4n) is 1.15. The Balaban J connectivity index is 2.96. The molecule has 76 valence electrons. The molecule has 0 heterocycles. The molecule has 1 rings (SSSR count). The van der Waals surface area contributed by atoms with Crippen molar-refractivity contribution in [2.24, 2.45) is 5.73 Å². The third kappa shape index (κ3) is 2.73. The quantitative estimate of drug-likeness (QED) is 0.572. The lowest BCUT2D eigenvalue weighted by Crippen LogP contribution is -2.14. The number of anilines is 1. The molecule has 0 spiro atoms. The first kappa shape index (κ1) is 11.0. The lowest BCUT2D eigenvalue weighted by atomic mass is 10.1. The van der Waals surface area contributed by atoms with Gasteiger partial charge < -0.3 is 11.1 Å². The van der Waals surface area contributed by atoms with Crippen LogP contribution in [0.25, 0.3) is 0 Å². The summed E-state index contributed by atoms with van der Waals surface area (Å²) >= 11 is 3.35. The van der Waals surface area contributed by atoms with Crippen LogP contribution in [-0.4, -0.2) is 12.4 Å². The van der Waals surface area contributed by atoms with Crippen LogP contribution in [0, 0.1) is 5.41 Å². The Morgan fingerprint density at radius 1 is 1.57 bits per heavy atom. The third-order valence-electron chi connectivity index (χ3n) is 1.84. The van der Waals surface area contributed by atoms with Crippen LogP contribution in [0.3, 0.4) is 0 Å². The van der Waals surface area contributed by atoms with Crippen molar-refractivity contribution in [1.82, 2.24) is 0 Å². The van der Waals surface area contributed by atoms with E-state index in [1.807, 2.05) is 18.2 Å². The maximum absolute atomic E-state index is 7.43. The number of nitrogens with two attached hydrogens (primary N) is 1. The number of nitrogen functional groups attached to an aromatic ring is 1. The lowest BCUT2D eigenvalue weighted by molar-refractivity contribution is 0.979. The number of amidine groups is 1. The van der Waals surface area contributed by atoms with Gasteiger partial charge in [-0.15, -0.1) is 0 Å². The van der Waals surface area contributed by atoms with Crippen LogP contribution < -0.4 is 11.1 Å². The number of nitrogens with one attached hydrogen (secondary N) is 2. The standard InChI is InChI=1S/C10H14BrN3/c1-2-5-14-9-4-3-7(11)6-8(9)10(12)13/h3-4,6,14H,2,5H2,1H3,(H3,12,13). The predicted octanol–water partition coefficient (Wildman–Crippen LogP) is 2.56. The summed E-state index contributed by atoms with van der Waals surface area (Å²) in [7, 11) is 0. The molecule has 4 heteroatoms. The van der Waals surface area contributed by atoms with Gasteiger partial charge >= 0.3 is 0 Å². The van der Waals surface area contributed by atoms with Crippen molar-refractivity contribution in [2.45, 2.75) is 13.3 Å². The van der Waals surface area contributed by atoms with E-state index in [0.717, 1.165) is 28.7 Å². The number of hydrogen-bond acceptors (Lipinski definition) is 2. The molecule has 1 aromatic carbocycles. The summed E-state index contributed by atoms with van der Waals surface area (Å²) < 4.78 is 0.935. The van der Waals surface area contributed by atoms with Crippen molar-refractivity contribution >= 4 is 27.5 Å². The highest BCUT2D eigenvalue weighted by atomic mass is 79.9. The number of rotatable bonds is 4. The number of halogens is 1. The second kappa shape index (κ2) is 5.00. The van der Waals surface area contributed by atoms with E-state index in [4.69, 9.17) is 11.1 Å². The summed E-state index contributed by atoms with van der Waals surface area (Å²) in [4.78, 5) is 0. The van der Waals surface area contributed by atoms with Gasteiger partial charge in [-0.3, -0.25) is 5.41 Å². The van der Waals surface area contributed by atoms with Gasteiger partial charge in [-0.1, -0.05) is 22.9 Å². The average molecular weight is 256 g/mol. The molecule has 3 nitrogen and oxygen atoms in total. The Bertz CT molecular complexity index is 336. The zero-order chi connectivity index (χ0) is 10.6. The van der Waals surface area contributed by atoms with Crippen molar-refractivity contribution in [3.8, 4) is 0 Å². The molecule has 0 fully saturated rings. The first-order chi connectivity index (χ1) is 6.65. The van der Waals surface area contributed by atoms with Gasteiger partial charge in [-0.2, -0.15) is 0 Å². The molecule has 0 aromatic heterocycles. The summed E-state index contributed by atoms with van der Waals surface area (Å²) in [6.07, 6.45) is 1.05. The van der Waals surface area contributed by atoms with Crippen LogP contribution in [0.5, 0.6) is 0 Å². The van der Waals surface area contributed by atoms with Crippen molar-refractivity contribution in [3.63, 3.8) is 0 Å². The molecular weight excluding hydrogens is 242 g/mol. The van der Waals surface area contributed by atoms with E-state index >= 15 is 0 Å². The Morgan fingerprint density at radius 3 is 2.86 bits per heavy atom. The molecule has 1 aromatic rings. The fraction of sp³-hybridized carbons (Fsp3) is 0.300. The molecular formula is C10H14BrN3. The van der Waals surface area contributed by atoms with E-state index in [-0.39, 0.29) is 5.84 Å². The summed E-state index contributed by atoms with van der Waals surface area (Å²) in [6, 6.07) is 5.71. The molecule has 0 bridgehead atoms. The Morgan fingerprint density at radius 2 is 2.29 bits per heavy atom. The lowest BCUT2D eigenvalue weighted by Gasteiger charge is -2.10. The normalized spacial score (nSPS) is 9.86. The number of hydrogen-bond donors (Lipinski definition) is 3. The van der Waals surface area contributed by atoms with E-state index in [2.05, 4.69) is 28.2 Å². The molecule has 0 amide bonds. The highest BCUT2D eigenvalue weighted by molar-refractivity contribution is 9.10. The van der Waals surface area contributed by atoms with Crippen molar-refractivity contribution in [2.75, 3.05) is 11.9 Å². The van der Waals surface area contributed by atoms with Crippen LogP contribution in [-0.2, 0) is 0 Å². The van der Waals surface area contributed by atoms with E-state index in [1.165, 1.54) is 0 Å². The zero-order valence-electron chi connectivity index (χ0n) is 8.10. The van der Waals surface area contributed by atoms with Crippen LogP contribution in [0.1, 0.15) is 18.9 Å². The van der Waals surface area contributed by atoms with E-state index in [0.29, 0.717) is 0 Å². The number of benzene rings is 1. The largest absolute Gasteiger partial charge is 0.384 e. The highest BCUT2D eigenvalue weighted by Gasteiger charge is 2.04. The van der Waals surface area contributed by atoms with Crippen LogP contribution in [0.2, 0.25) is 0 Å². The van der Waals surface area contributed by atoms with Crippen LogP contribution >= 0.6 is 15.9 Å². The molecule has 0 saturated heterocycles. The minimum atomic E-state index is 0.0879. The molecule has 0 saturated carbocycles. The van der Waals surface area contributed by atoms with Gasteiger partial charge in [0, 0.05) is 22.3 Å². The van der Waals surface area contributed by atoms with Crippen molar-refractivity contribution in [1.29, 1.82) is 5.41 Å². The fourth-order valence-corrected chi connectivity index (χ4v) is 1.51. The summed E-state index contributed by atoms with van der Waals surface area (Å²) in [5, 5.41) is 10.7. The maximum atomic E-state index is 7.43. The monoisotopic (exact) mass is 255 g/mol. The van der Waals surface area contributed by atoms with Crippen molar-refractivity contribution < 1.29 is 0 Å². The van der Waals surface area contributed by atoms with Crippen LogP contribution in [0.15, 0.2) is 22.7 Å². The molecule has 0 radical (unpaired) electrons. The van der Waals surface area contributed by atoms with E-state index in [9.17, 15) is 0 Å². The van der Waals surface area contributed by atoms with Gasteiger partial charge in [0.05, 0.1) is 0 Å².